The average Bonchev–Trinajstić information content (AvgIpc) is 2.25. The second-order valence-corrected chi connectivity index (χ2v) is 3.34. The van der Waals surface area contributed by atoms with Gasteiger partial charge in [-0.2, -0.15) is 0 Å². The molecule has 0 radical (unpaired) electrons. The topological polar surface area (TPSA) is 37.3 Å². The number of aliphatic hydroxyl groups excluding tert-OH is 1. The lowest BCUT2D eigenvalue weighted by molar-refractivity contribution is 0.0902. The average molecular weight is 192 g/mol. The SMILES string of the molecule is CCCCc1ccccc1C(=O)CO. The van der Waals surface area contributed by atoms with Gasteiger partial charge in [0.15, 0.2) is 5.78 Å². The summed E-state index contributed by atoms with van der Waals surface area (Å²) in [4.78, 5) is 11.3. The third-order valence-corrected chi connectivity index (χ3v) is 2.26. The molecule has 0 heterocycles. The lowest BCUT2D eigenvalue weighted by Gasteiger charge is -2.06. The summed E-state index contributed by atoms with van der Waals surface area (Å²) in [7, 11) is 0. The summed E-state index contributed by atoms with van der Waals surface area (Å²) in [6, 6.07) is 7.50. The fourth-order valence-electron chi connectivity index (χ4n) is 1.46. The summed E-state index contributed by atoms with van der Waals surface area (Å²) in [5, 5.41) is 8.79. The van der Waals surface area contributed by atoms with Crippen LogP contribution in [0.5, 0.6) is 0 Å². The zero-order valence-corrected chi connectivity index (χ0v) is 8.49. The number of rotatable bonds is 5. The van der Waals surface area contributed by atoms with Crippen molar-refractivity contribution in [1.82, 2.24) is 0 Å². The Kier molecular flexibility index (Phi) is 4.33. The highest BCUT2D eigenvalue weighted by molar-refractivity contribution is 5.98. The molecule has 1 rings (SSSR count). The van der Waals surface area contributed by atoms with E-state index in [4.69, 9.17) is 5.11 Å². The van der Waals surface area contributed by atoms with Crippen LogP contribution < -0.4 is 0 Å². The zero-order chi connectivity index (χ0) is 10.4. The number of Topliss-reactive ketones (excluding diaryl/α,β-unsaturated/α-hetero) is 1. The highest BCUT2D eigenvalue weighted by Crippen LogP contribution is 2.12. The van der Waals surface area contributed by atoms with Crippen LogP contribution in [0.15, 0.2) is 24.3 Å². The molecule has 0 aromatic heterocycles. The monoisotopic (exact) mass is 192 g/mol. The van der Waals surface area contributed by atoms with Crippen molar-refractivity contribution in [2.75, 3.05) is 6.61 Å². The van der Waals surface area contributed by atoms with E-state index in [9.17, 15) is 4.79 Å². The van der Waals surface area contributed by atoms with Gasteiger partial charge >= 0.3 is 0 Å². The van der Waals surface area contributed by atoms with Gasteiger partial charge in [0, 0.05) is 5.56 Å². The Morgan fingerprint density at radius 1 is 1.36 bits per heavy atom. The number of aliphatic hydroxyl groups is 1. The molecule has 1 N–H and O–H groups in total. The maximum Gasteiger partial charge on any atom is 0.188 e. The summed E-state index contributed by atoms with van der Waals surface area (Å²) in [6.07, 6.45) is 3.11. The fraction of sp³-hybridized carbons (Fsp3) is 0.417. The minimum atomic E-state index is -0.400. The first-order valence-electron chi connectivity index (χ1n) is 5.01. The number of ketones is 1. The molecule has 1 aromatic carbocycles. The second kappa shape index (κ2) is 5.55. The third-order valence-electron chi connectivity index (χ3n) is 2.26. The van der Waals surface area contributed by atoms with Crippen LogP contribution in [-0.2, 0) is 6.42 Å². The minimum absolute atomic E-state index is 0.184. The first-order chi connectivity index (χ1) is 6.79. The molecule has 76 valence electrons. The van der Waals surface area contributed by atoms with E-state index in [2.05, 4.69) is 6.92 Å². The van der Waals surface area contributed by atoms with Gasteiger partial charge in [0.05, 0.1) is 0 Å². The highest BCUT2D eigenvalue weighted by atomic mass is 16.3. The number of hydrogen-bond donors (Lipinski definition) is 1. The quantitative estimate of drug-likeness (QED) is 0.726. The highest BCUT2D eigenvalue weighted by Gasteiger charge is 2.08. The lowest BCUT2D eigenvalue weighted by atomic mass is 9.99. The van der Waals surface area contributed by atoms with Gasteiger partial charge in [-0.25, -0.2) is 0 Å². The fourth-order valence-corrected chi connectivity index (χ4v) is 1.46. The maximum absolute atomic E-state index is 11.3. The Hall–Kier alpha value is -1.15. The van der Waals surface area contributed by atoms with Gasteiger partial charge in [-0.15, -0.1) is 0 Å². The zero-order valence-electron chi connectivity index (χ0n) is 8.49. The van der Waals surface area contributed by atoms with Crippen molar-refractivity contribution in [1.29, 1.82) is 0 Å². The number of benzene rings is 1. The van der Waals surface area contributed by atoms with E-state index >= 15 is 0 Å². The van der Waals surface area contributed by atoms with Crippen LogP contribution in [0.2, 0.25) is 0 Å². The Balaban J connectivity index is 2.85. The normalized spacial score (nSPS) is 10.1. The van der Waals surface area contributed by atoms with Gasteiger partial charge < -0.3 is 5.11 Å². The standard InChI is InChI=1S/C12H16O2/c1-2-3-6-10-7-4-5-8-11(10)12(14)9-13/h4-5,7-8,13H,2-3,6,9H2,1H3. The molecule has 0 aliphatic rings. The van der Waals surface area contributed by atoms with Gasteiger partial charge in [0.2, 0.25) is 0 Å². The molecule has 0 saturated heterocycles. The molecule has 0 spiro atoms. The van der Waals surface area contributed by atoms with Crippen molar-refractivity contribution in [2.24, 2.45) is 0 Å². The summed E-state index contributed by atoms with van der Waals surface area (Å²) < 4.78 is 0. The molecule has 2 nitrogen and oxygen atoms in total. The molecule has 0 saturated carbocycles. The molecule has 0 unspecified atom stereocenters. The third kappa shape index (κ3) is 2.67. The van der Waals surface area contributed by atoms with Crippen LogP contribution in [0.3, 0.4) is 0 Å². The molecule has 0 aliphatic carbocycles. The van der Waals surface area contributed by atoms with Gasteiger partial charge in [-0.05, 0) is 18.4 Å². The number of carbonyl (C=O) groups is 1. The Bertz CT molecular complexity index is 305. The van der Waals surface area contributed by atoms with Crippen molar-refractivity contribution >= 4 is 5.78 Å². The van der Waals surface area contributed by atoms with E-state index in [1.807, 2.05) is 18.2 Å². The van der Waals surface area contributed by atoms with E-state index in [0.29, 0.717) is 5.56 Å². The van der Waals surface area contributed by atoms with E-state index in [0.717, 1.165) is 24.8 Å². The molecule has 1 aromatic rings. The Labute approximate surface area is 84.6 Å². The van der Waals surface area contributed by atoms with Gasteiger partial charge in [0.25, 0.3) is 0 Å². The Morgan fingerprint density at radius 2 is 2.07 bits per heavy atom. The number of unbranched alkanes of at least 4 members (excludes halogenated alkanes) is 1. The summed E-state index contributed by atoms with van der Waals surface area (Å²) >= 11 is 0. The van der Waals surface area contributed by atoms with E-state index < -0.39 is 6.61 Å². The largest absolute Gasteiger partial charge is 0.388 e. The lowest BCUT2D eigenvalue weighted by Crippen LogP contribution is -2.07. The van der Waals surface area contributed by atoms with Gasteiger partial charge in [0.1, 0.15) is 6.61 Å². The van der Waals surface area contributed by atoms with Crippen molar-refractivity contribution in [2.45, 2.75) is 26.2 Å². The van der Waals surface area contributed by atoms with Crippen LogP contribution >= 0.6 is 0 Å². The van der Waals surface area contributed by atoms with E-state index in [1.165, 1.54) is 0 Å². The molecule has 14 heavy (non-hydrogen) atoms. The van der Waals surface area contributed by atoms with Crippen molar-refractivity contribution in [3.05, 3.63) is 35.4 Å². The molecule has 0 aliphatic heterocycles. The van der Waals surface area contributed by atoms with Gasteiger partial charge in [-0.3, -0.25) is 4.79 Å². The molecular weight excluding hydrogens is 176 g/mol. The predicted molar refractivity (Wildman–Crippen MR) is 56.5 cm³/mol. The minimum Gasteiger partial charge on any atom is -0.388 e. The first kappa shape index (κ1) is 10.9. The van der Waals surface area contributed by atoms with Crippen molar-refractivity contribution < 1.29 is 9.90 Å². The predicted octanol–water partition coefficient (Wildman–Crippen LogP) is 2.20. The van der Waals surface area contributed by atoms with Crippen molar-refractivity contribution in [3.63, 3.8) is 0 Å². The molecule has 0 atom stereocenters. The van der Waals surface area contributed by atoms with Crippen LogP contribution in [0.25, 0.3) is 0 Å². The smallest absolute Gasteiger partial charge is 0.188 e. The maximum atomic E-state index is 11.3. The number of hydrogen-bond acceptors (Lipinski definition) is 2. The van der Waals surface area contributed by atoms with E-state index in [1.54, 1.807) is 6.07 Å². The summed E-state index contributed by atoms with van der Waals surface area (Å²) in [5.41, 5.74) is 1.72. The molecule has 2 heteroatoms. The van der Waals surface area contributed by atoms with Crippen LogP contribution in [0.1, 0.15) is 35.7 Å². The molecular formula is C12H16O2. The molecule has 0 amide bonds. The summed E-state index contributed by atoms with van der Waals surface area (Å²) in [5.74, 6) is -0.184. The number of aryl methyl sites for hydroxylation is 1. The first-order valence-corrected chi connectivity index (χ1v) is 5.01. The van der Waals surface area contributed by atoms with Crippen LogP contribution in [0, 0.1) is 0 Å². The second-order valence-electron chi connectivity index (χ2n) is 3.34. The molecule has 0 bridgehead atoms. The summed E-state index contributed by atoms with van der Waals surface area (Å²) in [6.45, 7) is 1.72. The molecule has 0 fully saturated rings. The van der Waals surface area contributed by atoms with Crippen LogP contribution in [-0.4, -0.2) is 17.5 Å². The van der Waals surface area contributed by atoms with Gasteiger partial charge in [-0.1, -0.05) is 37.6 Å². The van der Waals surface area contributed by atoms with Crippen molar-refractivity contribution in [3.8, 4) is 0 Å². The number of carbonyl (C=O) groups excluding carboxylic acids is 1. The van der Waals surface area contributed by atoms with Crippen LogP contribution in [0.4, 0.5) is 0 Å². The Morgan fingerprint density at radius 3 is 2.71 bits per heavy atom. The van der Waals surface area contributed by atoms with E-state index in [-0.39, 0.29) is 5.78 Å².